The number of nitrogens with two attached hydrogens (primary N) is 1. The summed E-state index contributed by atoms with van der Waals surface area (Å²) in [4.78, 5) is 0. The Kier molecular flexibility index (Phi) is 1.66. The van der Waals surface area contributed by atoms with E-state index in [0.717, 1.165) is 31.1 Å². The van der Waals surface area contributed by atoms with E-state index in [9.17, 15) is 5.11 Å². The van der Waals surface area contributed by atoms with E-state index in [-0.39, 0.29) is 11.6 Å². The second-order valence-electron chi connectivity index (χ2n) is 6.34. The van der Waals surface area contributed by atoms with Crippen molar-refractivity contribution >= 4 is 0 Å². The van der Waals surface area contributed by atoms with Crippen LogP contribution in [0.15, 0.2) is 0 Å². The van der Waals surface area contributed by atoms with E-state index in [4.69, 9.17) is 5.73 Å². The van der Waals surface area contributed by atoms with Crippen LogP contribution in [0.4, 0.5) is 0 Å². The third-order valence-electron chi connectivity index (χ3n) is 5.04. The van der Waals surface area contributed by atoms with Gasteiger partial charge in [-0.25, -0.2) is 0 Å². The second-order valence-corrected chi connectivity index (χ2v) is 6.34. The topological polar surface area (TPSA) is 46.2 Å². The summed E-state index contributed by atoms with van der Waals surface area (Å²) in [6, 6.07) is 0.264. The lowest BCUT2D eigenvalue weighted by atomic mass is 9.46. The first-order valence-electron chi connectivity index (χ1n) is 5.99. The molecule has 4 rings (SSSR count). The predicted molar refractivity (Wildman–Crippen MR) is 55.7 cm³/mol. The molecule has 0 amide bonds. The van der Waals surface area contributed by atoms with Crippen molar-refractivity contribution in [1.29, 1.82) is 0 Å². The van der Waals surface area contributed by atoms with E-state index in [2.05, 4.69) is 6.92 Å². The van der Waals surface area contributed by atoms with Gasteiger partial charge in [0, 0.05) is 6.04 Å². The molecule has 4 bridgehead atoms. The molecule has 0 aliphatic heterocycles. The van der Waals surface area contributed by atoms with Crippen LogP contribution in [0, 0.1) is 17.3 Å². The van der Waals surface area contributed by atoms with Gasteiger partial charge in [0.15, 0.2) is 0 Å². The smallest absolute Gasteiger partial charge is 0.0659 e. The monoisotopic (exact) mass is 195 g/mol. The Morgan fingerprint density at radius 2 is 1.79 bits per heavy atom. The lowest BCUT2D eigenvalue weighted by Crippen LogP contribution is -2.60. The molecule has 2 heteroatoms. The fraction of sp³-hybridized carbons (Fsp3) is 1.00. The highest BCUT2D eigenvalue weighted by atomic mass is 16.3. The van der Waals surface area contributed by atoms with Crippen molar-refractivity contribution < 1.29 is 5.11 Å². The molecule has 0 unspecified atom stereocenters. The third-order valence-corrected chi connectivity index (χ3v) is 5.04. The highest BCUT2D eigenvalue weighted by Crippen LogP contribution is 2.62. The molecule has 80 valence electrons. The molecule has 0 aromatic heterocycles. The molecule has 0 aromatic rings. The van der Waals surface area contributed by atoms with E-state index >= 15 is 0 Å². The summed E-state index contributed by atoms with van der Waals surface area (Å²) in [7, 11) is 0. The summed E-state index contributed by atoms with van der Waals surface area (Å²) in [6.07, 6.45) is 7.00. The number of hydrogen-bond acceptors (Lipinski definition) is 2. The second kappa shape index (κ2) is 2.53. The summed E-state index contributed by atoms with van der Waals surface area (Å²) >= 11 is 0. The maximum absolute atomic E-state index is 10.5. The third kappa shape index (κ3) is 1.10. The van der Waals surface area contributed by atoms with Crippen LogP contribution < -0.4 is 5.73 Å². The van der Waals surface area contributed by atoms with Crippen LogP contribution >= 0.6 is 0 Å². The minimum absolute atomic E-state index is 0.264. The first-order chi connectivity index (χ1) is 6.51. The van der Waals surface area contributed by atoms with Gasteiger partial charge in [0.2, 0.25) is 0 Å². The van der Waals surface area contributed by atoms with Gasteiger partial charge >= 0.3 is 0 Å². The molecule has 3 atom stereocenters. The molecule has 0 spiro atoms. The lowest BCUT2D eigenvalue weighted by Gasteiger charge is -2.61. The molecule has 0 aromatic carbocycles. The maximum Gasteiger partial charge on any atom is 0.0659 e. The Morgan fingerprint density at radius 1 is 1.21 bits per heavy atom. The van der Waals surface area contributed by atoms with Crippen molar-refractivity contribution in [2.75, 3.05) is 0 Å². The van der Waals surface area contributed by atoms with Crippen LogP contribution in [0.2, 0.25) is 0 Å². The first-order valence-corrected chi connectivity index (χ1v) is 5.99. The Balaban J connectivity index is 1.96. The van der Waals surface area contributed by atoms with Gasteiger partial charge in [-0.3, -0.25) is 0 Å². The summed E-state index contributed by atoms with van der Waals surface area (Å²) in [5.74, 6) is 1.54. The largest absolute Gasteiger partial charge is 0.390 e. The quantitative estimate of drug-likeness (QED) is 0.668. The number of aliphatic hydroxyl groups is 1. The first kappa shape index (κ1) is 9.17. The molecular weight excluding hydrogens is 174 g/mol. The van der Waals surface area contributed by atoms with E-state index in [1.165, 1.54) is 19.3 Å². The predicted octanol–water partition coefficient (Wildman–Crippen LogP) is 1.66. The Morgan fingerprint density at radius 3 is 2.21 bits per heavy atom. The Labute approximate surface area is 85.9 Å². The van der Waals surface area contributed by atoms with E-state index in [1.54, 1.807) is 0 Å². The minimum Gasteiger partial charge on any atom is -0.390 e. The molecule has 4 aliphatic rings. The lowest BCUT2D eigenvalue weighted by molar-refractivity contribution is -0.168. The highest BCUT2D eigenvalue weighted by molar-refractivity contribution is 5.10. The highest BCUT2D eigenvalue weighted by Gasteiger charge is 2.58. The molecular formula is C12H21NO. The van der Waals surface area contributed by atoms with Crippen LogP contribution in [0.1, 0.15) is 45.4 Å². The van der Waals surface area contributed by atoms with Crippen LogP contribution in [0.3, 0.4) is 0 Å². The van der Waals surface area contributed by atoms with Gasteiger partial charge in [-0.05, 0) is 62.7 Å². The molecule has 0 radical (unpaired) electrons. The molecule has 0 saturated heterocycles. The zero-order chi connectivity index (χ0) is 9.97. The number of rotatable bonds is 1. The van der Waals surface area contributed by atoms with Gasteiger partial charge in [-0.15, -0.1) is 0 Å². The average Bonchev–Trinajstić information content (AvgIpc) is 1.98. The van der Waals surface area contributed by atoms with Crippen molar-refractivity contribution in [3.8, 4) is 0 Å². The molecule has 2 nitrogen and oxygen atoms in total. The van der Waals surface area contributed by atoms with Crippen molar-refractivity contribution in [1.82, 2.24) is 0 Å². The van der Waals surface area contributed by atoms with Crippen LogP contribution in [-0.2, 0) is 0 Å². The molecule has 3 N–H and O–H groups in total. The van der Waals surface area contributed by atoms with Gasteiger partial charge in [-0.1, -0.05) is 0 Å². The summed E-state index contributed by atoms with van der Waals surface area (Å²) < 4.78 is 0. The van der Waals surface area contributed by atoms with Gasteiger partial charge in [0.05, 0.1) is 5.60 Å². The fourth-order valence-electron chi connectivity index (χ4n) is 4.82. The summed E-state index contributed by atoms with van der Waals surface area (Å²) in [6.45, 7) is 2.14. The fourth-order valence-corrected chi connectivity index (χ4v) is 4.82. The van der Waals surface area contributed by atoms with Crippen molar-refractivity contribution in [2.45, 2.75) is 57.1 Å². The van der Waals surface area contributed by atoms with E-state index < -0.39 is 0 Å². The van der Waals surface area contributed by atoms with Gasteiger partial charge in [0.1, 0.15) is 0 Å². The maximum atomic E-state index is 10.5. The molecule has 4 fully saturated rings. The van der Waals surface area contributed by atoms with Crippen LogP contribution in [-0.4, -0.2) is 16.7 Å². The zero-order valence-electron chi connectivity index (χ0n) is 9.00. The molecule has 0 heterocycles. The van der Waals surface area contributed by atoms with Crippen molar-refractivity contribution in [3.63, 3.8) is 0 Å². The standard InChI is InChI=1S/C12H21NO/c1-8(13)11-3-9-2-10(4-11)6-12(14,5-9)7-11/h8-10,14H,2-7,13H2,1H3/t8-,9-,10-,11?,12?/m0/s1. The SMILES string of the molecule is C[C@H](N)C12C[C@@H]3C[C@H](CC(O)(C3)C1)C2. The summed E-state index contributed by atoms with van der Waals surface area (Å²) in [5.41, 5.74) is 6.09. The van der Waals surface area contributed by atoms with E-state index in [0.29, 0.717) is 5.41 Å². The Bertz CT molecular complexity index is 247. The zero-order valence-corrected chi connectivity index (χ0v) is 9.00. The van der Waals surface area contributed by atoms with Crippen molar-refractivity contribution in [3.05, 3.63) is 0 Å². The van der Waals surface area contributed by atoms with Gasteiger partial charge < -0.3 is 10.8 Å². The van der Waals surface area contributed by atoms with Crippen molar-refractivity contribution in [2.24, 2.45) is 23.0 Å². The Hall–Kier alpha value is -0.0800. The molecule has 14 heavy (non-hydrogen) atoms. The van der Waals surface area contributed by atoms with E-state index in [1.807, 2.05) is 0 Å². The molecule has 4 saturated carbocycles. The minimum atomic E-state index is -0.336. The van der Waals surface area contributed by atoms with Crippen LogP contribution in [0.5, 0.6) is 0 Å². The summed E-state index contributed by atoms with van der Waals surface area (Å²) in [5, 5.41) is 10.5. The average molecular weight is 195 g/mol. The number of hydrogen-bond donors (Lipinski definition) is 2. The molecule has 4 aliphatic carbocycles. The normalized spacial score (nSPS) is 57.6. The van der Waals surface area contributed by atoms with Gasteiger partial charge in [0.25, 0.3) is 0 Å². The van der Waals surface area contributed by atoms with Crippen LogP contribution in [0.25, 0.3) is 0 Å². The van der Waals surface area contributed by atoms with Gasteiger partial charge in [-0.2, -0.15) is 0 Å².